The Hall–Kier alpha value is -2.11. The topological polar surface area (TPSA) is 63.5 Å². The number of amides is 1. The Morgan fingerprint density at radius 1 is 1.12 bits per heavy atom. The molecule has 1 amide bonds. The number of nitro groups is 1. The SMILES string of the molecule is CC(C)N(Cc1ccc(Cl)c(Cl)c1)C(=O)c1ccc([N+](=O)[O-])cc1. The summed E-state index contributed by atoms with van der Waals surface area (Å²) in [5, 5.41) is 11.6. The van der Waals surface area contributed by atoms with E-state index in [4.69, 9.17) is 23.2 Å². The standard InChI is InChI=1S/C17H16Cl2N2O3/c1-11(2)20(10-12-3-8-15(18)16(19)9-12)17(22)13-4-6-14(7-5-13)21(23)24/h3-9,11H,10H2,1-2H3. The number of non-ortho nitro benzene ring substituents is 1. The van der Waals surface area contributed by atoms with Crippen LogP contribution in [-0.4, -0.2) is 21.8 Å². The molecular formula is C17H16Cl2N2O3. The highest BCUT2D eigenvalue weighted by molar-refractivity contribution is 6.42. The molecule has 0 fully saturated rings. The molecule has 0 bridgehead atoms. The fourth-order valence-electron chi connectivity index (χ4n) is 2.22. The summed E-state index contributed by atoms with van der Waals surface area (Å²) in [4.78, 5) is 24.6. The van der Waals surface area contributed by atoms with Gasteiger partial charge >= 0.3 is 0 Å². The molecule has 2 rings (SSSR count). The van der Waals surface area contributed by atoms with Crippen LogP contribution >= 0.6 is 23.2 Å². The van der Waals surface area contributed by atoms with Gasteiger partial charge in [0.05, 0.1) is 15.0 Å². The summed E-state index contributed by atoms with van der Waals surface area (Å²) < 4.78 is 0. The van der Waals surface area contributed by atoms with Gasteiger partial charge in [0.2, 0.25) is 0 Å². The van der Waals surface area contributed by atoms with Crippen molar-refractivity contribution in [2.24, 2.45) is 0 Å². The third-order valence-electron chi connectivity index (χ3n) is 3.55. The van der Waals surface area contributed by atoms with Crippen molar-refractivity contribution in [2.45, 2.75) is 26.4 Å². The van der Waals surface area contributed by atoms with E-state index in [2.05, 4.69) is 0 Å². The summed E-state index contributed by atoms with van der Waals surface area (Å²) in [6.45, 7) is 4.17. The Morgan fingerprint density at radius 2 is 1.75 bits per heavy atom. The zero-order chi connectivity index (χ0) is 17.9. The third-order valence-corrected chi connectivity index (χ3v) is 4.29. The lowest BCUT2D eigenvalue weighted by molar-refractivity contribution is -0.384. The fraction of sp³-hybridized carbons (Fsp3) is 0.235. The van der Waals surface area contributed by atoms with Crippen molar-refractivity contribution in [3.8, 4) is 0 Å². The molecular weight excluding hydrogens is 351 g/mol. The van der Waals surface area contributed by atoms with Gasteiger partial charge in [-0.2, -0.15) is 0 Å². The van der Waals surface area contributed by atoms with Gasteiger partial charge in [0.1, 0.15) is 0 Å². The van der Waals surface area contributed by atoms with Gasteiger partial charge in [-0.1, -0.05) is 29.3 Å². The zero-order valence-electron chi connectivity index (χ0n) is 13.2. The average Bonchev–Trinajstić information content (AvgIpc) is 2.55. The van der Waals surface area contributed by atoms with E-state index in [0.29, 0.717) is 22.2 Å². The Kier molecular flexibility index (Phi) is 5.80. The highest BCUT2D eigenvalue weighted by Gasteiger charge is 2.20. The van der Waals surface area contributed by atoms with E-state index < -0.39 is 4.92 Å². The molecule has 0 unspecified atom stereocenters. The smallest absolute Gasteiger partial charge is 0.269 e. The fourth-order valence-corrected chi connectivity index (χ4v) is 2.54. The quantitative estimate of drug-likeness (QED) is 0.555. The van der Waals surface area contributed by atoms with E-state index in [0.717, 1.165) is 5.56 Å². The first kappa shape index (κ1) is 18.2. The molecule has 24 heavy (non-hydrogen) atoms. The number of hydrogen-bond acceptors (Lipinski definition) is 3. The number of halogens is 2. The molecule has 2 aromatic rings. The number of benzene rings is 2. The number of carbonyl (C=O) groups is 1. The third kappa shape index (κ3) is 4.24. The molecule has 0 saturated heterocycles. The lowest BCUT2D eigenvalue weighted by atomic mass is 10.1. The van der Waals surface area contributed by atoms with E-state index >= 15 is 0 Å². The second kappa shape index (κ2) is 7.64. The molecule has 0 N–H and O–H groups in total. The van der Waals surface area contributed by atoms with E-state index in [1.807, 2.05) is 19.9 Å². The van der Waals surface area contributed by atoms with Crippen molar-refractivity contribution in [1.82, 2.24) is 4.90 Å². The summed E-state index contributed by atoms with van der Waals surface area (Å²) in [7, 11) is 0. The zero-order valence-corrected chi connectivity index (χ0v) is 14.7. The minimum absolute atomic E-state index is 0.0490. The van der Waals surface area contributed by atoms with Crippen molar-refractivity contribution < 1.29 is 9.72 Å². The average molecular weight is 367 g/mol. The van der Waals surface area contributed by atoms with E-state index in [-0.39, 0.29) is 17.6 Å². The van der Waals surface area contributed by atoms with Crippen LogP contribution in [0.2, 0.25) is 10.0 Å². The van der Waals surface area contributed by atoms with E-state index in [9.17, 15) is 14.9 Å². The van der Waals surface area contributed by atoms with E-state index in [1.54, 1.807) is 17.0 Å². The van der Waals surface area contributed by atoms with Crippen LogP contribution in [-0.2, 0) is 6.54 Å². The first-order chi connectivity index (χ1) is 11.3. The second-order valence-corrected chi connectivity index (χ2v) is 6.39. The van der Waals surface area contributed by atoms with Gasteiger partial charge in [-0.25, -0.2) is 0 Å². The maximum Gasteiger partial charge on any atom is 0.269 e. The van der Waals surface area contributed by atoms with Crippen molar-refractivity contribution >= 4 is 34.8 Å². The van der Waals surface area contributed by atoms with Crippen LogP contribution in [0.15, 0.2) is 42.5 Å². The van der Waals surface area contributed by atoms with Gasteiger partial charge < -0.3 is 4.90 Å². The lowest BCUT2D eigenvalue weighted by Crippen LogP contribution is -2.36. The summed E-state index contributed by atoms with van der Waals surface area (Å²) in [6, 6.07) is 10.7. The number of rotatable bonds is 5. The van der Waals surface area contributed by atoms with Crippen LogP contribution in [0.5, 0.6) is 0 Å². The highest BCUT2D eigenvalue weighted by Crippen LogP contribution is 2.24. The highest BCUT2D eigenvalue weighted by atomic mass is 35.5. The summed E-state index contributed by atoms with van der Waals surface area (Å²) >= 11 is 11.9. The molecule has 5 nitrogen and oxygen atoms in total. The Balaban J connectivity index is 2.24. The minimum atomic E-state index is -0.496. The van der Waals surface area contributed by atoms with Gasteiger partial charge in [0.15, 0.2) is 0 Å². The van der Waals surface area contributed by atoms with Crippen LogP contribution in [0.3, 0.4) is 0 Å². The molecule has 7 heteroatoms. The van der Waals surface area contributed by atoms with Crippen molar-refractivity contribution in [3.05, 3.63) is 73.8 Å². The molecule has 0 aliphatic heterocycles. The molecule has 0 heterocycles. The molecule has 2 aromatic carbocycles. The van der Waals surface area contributed by atoms with Crippen LogP contribution in [0.1, 0.15) is 29.8 Å². The number of nitro benzene ring substituents is 1. The molecule has 0 aromatic heterocycles. The Bertz CT molecular complexity index is 761. The van der Waals surface area contributed by atoms with E-state index in [1.165, 1.54) is 24.3 Å². The summed E-state index contributed by atoms with van der Waals surface area (Å²) in [5.74, 6) is -0.203. The first-order valence-corrected chi connectivity index (χ1v) is 8.04. The van der Waals surface area contributed by atoms with Gasteiger partial charge in [-0.05, 0) is 43.7 Å². The van der Waals surface area contributed by atoms with Gasteiger partial charge in [-0.15, -0.1) is 0 Å². The maximum atomic E-state index is 12.7. The van der Waals surface area contributed by atoms with Crippen molar-refractivity contribution in [3.63, 3.8) is 0 Å². The second-order valence-electron chi connectivity index (χ2n) is 5.58. The Labute approximate surface area is 149 Å². The molecule has 0 saturated carbocycles. The molecule has 126 valence electrons. The summed E-state index contributed by atoms with van der Waals surface area (Å²) in [5.41, 5.74) is 1.20. The summed E-state index contributed by atoms with van der Waals surface area (Å²) in [6.07, 6.45) is 0. The molecule has 0 radical (unpaired) electrons. The van der Waals surface area contributed by atoms with Crippen LogP contribution in [0.25, 0.3) is 0 Å². The largest absolute Gasteiger partial charge is 0.332 e. The monoisotopic (exact) mass is 366 g/mol. The number of hydrogen-bond donors (Lipinski definition) is 0. The molecule has 0 aliphatic rings. The maximum absolute atomic E-state index is 12.7. The molecule has 0 spiro atoms. The molecule has 0 atom stereocenters. The predicted molar refractivity (Wildman–Crippen MR) is 94.6 cm³/mol. The van der Waals surface area contributed by atoms with Crippen molar-refractivity contribution in [1.29, 1.82) is 0 Å². The van der Waals surface area contributed by atoms with Crippen LogP contribution in [0, 0.1) is 10.1 Å². The normalized spacial score (nSPS) is 10.7. The van der Waals surface area contributed by atoms with Crippen LogP contribution < -0.4 is 0 Å². The lowest BCUT2D eigenvalue weighted by Gasteiger charge is -2.27. The number of nitrogens with zero attached hydrogens (tertiary/aromatic N) is 2. The Morgan fingerprint density at radius 3 is 2.25 bits per heavy atom. The minimum Gasteiger partial charge on any atom is -0.332 e. The number of carbonyl (C=O) groups excluding carboxylic acids is 1. The first-order valence-electron chi connectivity index (χ1n) is 7.29. The van der Waals surface area contributed by atoms with Gasteiger partial charge in [0, 0.05) is 30.3 Å². The van der Waals surface area contributed by atoms with Crippen molar-refractivity contribution in [2.75, 3.05) is 0 Å². The predicted octanol–water partition coefficient (Wildman–Crippen LogP) is 4.95. The van der Waals surface area contributed by atoms with Gasteiger partial charge in [-0.3, -0.25) is 14.9 Å². The van der Waals surface area contributed by atoms with Crippen LogP contribution in [0.4, 0.5) is 5.69 Å². The van der Waals surface area contributed by atoms with Gasteiger partial charge in [0.25, 0.3) is 11.6 Å². The molecule has 0 aliphatic carbocycles.